The summed E-state index contributed by atoms with van der Waals surface area (Å²) in [5, 5.41) is 7.76. The van der Waals surface area contributed by atoms with Gasteiger partial charge in [0, 0.05) is 23.7 Å². The van der Waals surface area contributed by atoms with Crippen LogP contribution in [-0.2, 0) is 17.8 Å². The van der Waals surface area contributed by atoms with Crippen LogP contribution in [0.3, 0.4) is 0 Å². The first-order valence-corrected chi connectivity index (χ1v) is 5.22. The smallest absolute Gasteiger partial charge is 0.327 e. The van der Waals surface area contributed by atoms with Gasteiger partial charge in [-0.25, -0.2) is 4.79 Å². The molecule has 1 amide bonds. The van der Waals surface area contributed by atoms with Gasteiger partial charge in [-0.3, -0.25) is 14.8 Å². The van der Waals surface area contributed by atoms with E-state index in [0.29, 0.717) is 11.3 Å². The number of hydrogen-bond donors (Lipinski definition) is 3. The van der Waals surface area contributed by atoms with E-state index in [9.17, 15) is 9.59 Å². The van der Waals surface area contributed by atoms with Gasteiger partial charge >= 0.3 is 5.69 Å². The zero-order valence-electron chi connectivity index (χ0n) is 8.84. The first-order chi connectivity index (χ1) is 7.47. The van der Waals surface area contributed by atoms with E-state index in [2.05, 4.69) is 4.98 Å². The second kappa shape index (κ2) is 4.98. The minimum absolute atomic E-state index is 0.0562. The number of carbonyl (C=O) groups excluding carboxylic acids is 1. The van der Waals surface area contributed by atoms with E-state index in [1.54, 1.807) is 6.92 Å². The Morgan fingerprint density at radius 3 is 2.75 bits per heavy atom. The Kier molecular flexibility index (Phi) is 3.89. The molecule has 0 saturated carbocycles. The number of aromatic amines is 1. The summed E-state index contributed by atoms with van der Waals surface area (Å²) in [6.07, 6.45) is -0.0747. The summed E-state index contributed by atoms with van der Waals surface area (Å²) in [6.45, 7) is 1.91. The fraction of sp³-hybridized carbons (Fsp3) is 0.444. The number of halogens is 1. The van der Waals surface area contributed by atoms with E-state index in [0.717, 1.165) is 0 Å². The van der Waals surface area contributed by atoms with E-state index in [4.69, 9.17) is 22.7 Å². The Hall–Kier alpha value is -1.56. The van der Waals surface area contributed by atoms with E-state index >= 15 is 0 Å². The van der Waals surface area contributed by atoms with Gasteiger partial charge in [0.15, 0.2) is 0 Å². The van der Waals surface area contributed by atoms with Gasteiger partial charge in [0.1, 0.15) is 5.49 Å². The normalized spacial score (nSPS) is 10.4. The first kappa shape index (κ1) is 12.5. The molecule has 16 heavy (non-hydrogen) atoms. The van der Waals surface area contributed by atoms with Crippen molar-refractivity contribution >= 4 is 17.5 Å². The molecule has 1 rings (SSSR count). The molecule has 1 heterocycles. The molecule has 7 heteroatoms. The van der Waals surface area contributed by atoms with Crippen molar-refractivity contribution < 1.29 is 4.79 Å². The minimum atomic E-state index is -0.548. The maximum Gasteiger partial charge on any atom is 0.327 e. The third-order valence-electron chi connectivity index (χ3n) is 2.24. The standard InChI is InChI=1S/C9H13ClN4O2/c1-5-6(4-7(11)15)13-9(16)14(3-2-10)8(5)12/h12H,2-4H2,1H3,(H2,11,15)(H,13,16). The highest BCUT2D eigenvalue weighted by atomic mass is 35.5. The summed E-state index contributed by atoms with van der Waals surface area (Å²) >= 11 is 5.53. The number of rotatable bonds is 4. The first-order valence-electron chi connectivity index (χ1n) is 4.68. The zero-order valence-corrected chi connectivity index (χ0v) is 9.60. The highest BCUT2D eigenvalue weighted by Crippen LogP contribution is 1.96. The van der Waals surface area contributed by atoms with Gasteiger partial charge in [-0.05, 0) is 6.92 Å². The number of H-pyrrole nitrogens is 1. The molecule has 0 atom stereocenters. The second-order valence-corrected chi connectivity index (χ2v) is 3.74. The molecule has 0 aliphatic rings. The van der Waals surface area contributed by atoms with Crippen LogP contribution < -0.4 is 16.9 Å². The number of nitrogens with zero attached hydrogens (tertiary/aromatic N) is 1. The van der Waals surface area contributed by atoms with E-state index in [-0.39, 0.29) is 24.3 Å². The summed E-state index contributed by atoms with van der Waals surface area (Å²) in [7, 11) is 0. The van der Waals surface area contributed by atoms with Crippen molar-refractivity contribution in [2.24, 2.45) is 5.73 Å². The minimum Gasteiger partial charge on any atom is -0.369 e. The third kappa shape index (κ3) is 2.52. The van der Waals surface area contributed by atoms with Gasteiger partial charge in [0.2, 0.25) is 5.91 Å². The number of hydrogen-bond acceptors (Lipinski definition) is 3. The Morgan fingerprint density at radius 2 is 2.25 bits per heavy atom. The van der Waals surface area contributed by atoms with Gasteiger partial charge < -0.3 is 10.7 Å². The van der Waals surface area contributed by atoms with Crippen LogP contribution >= 0.6 is 11.6 Å². The van der Waals surface area contributed by atoms with Crippen LogP contribution in [0.2, 0.25) is 0 Å². The Labute approximate surface area is 96.6 Å². The molecule has 0 saturated heterocycles. The molecular weight excluding hydrogens is 232 g/mol. The van der Waals surface area contributed by atoms with Crippen molar-refractivity contribution in [2.45, 2.75) is 19.9 Å². The fourth-order valence-corrected chi connectivity index (χ4v) is 1.56. The monoisotopic (exact) mass is 244 g/mol. The summed E-state index contributed by atoms with van der Waals surface area (Å²) < 4.78 is 1.22. The number of nitrogens with two attached hydrogens (primary N) is 1. The largest absolute Gasteiger partial charge is 0.369 e. The molecular formula is C9H13ClN4O2. The van der Waals surface area contributed by atoms with Gasteiger partial charge in [0.25, 0.3) is 0 Å². The number of alkyl halides is 1. The average molecular weight is 245 g/mol. The molecule has 0 radical (unpaired) electrons. The highest BCUT2D eigenvalue weighted by molar-refractivity contribution is 6.17. The molecule has 1 aromatic rings. The molecule has 0 aliphatic carbocycles. The number of amides is 1. The summed E-state index contributed by atoms with van der Waals surface area (Å²) in [5.41, 5.74) is 5.56. The predicted molar refractivity (Wildman–Crippen MR) is 59.3 cm³/mol. The number of aromatic nitrogens is 2. The molecule has 4 N–H and O–H groups in total. The summed E-state index contributed by atoms with van der Waals surface area (Å²) in [4.78, 5) is 24.9. The quantitative estimate of drug-likeness (QED) is 0.606. The van der Waals surface area contributed by atoms with Crippen molar-refractivity contribution in [3.63, 3.8) is 0 Å². The lowest BCUT2D eigenvalue weighted by molar-refractivity contribution is -0.117. The zero-order chi connectivity index (χ0) is 12.3. The fourth-order valence-electron chi connectivity index (χ4n) is 1.39. The topological polar surface area (TPSA) is 105 Å². The molecule has 0 bridgehead atoms. The van der Waals surface area contributed by atoms with Crippen molar-refractivity contribution in [2.75, 3.05) is 5.88 Å². The van der Waals surface area contributed by atoms with Crippen LogP contribution in [0.1, 0.15) is 11.3 Å². The number of carbonyl (C=O) groups is 1. The Morgan fingerprint density at radius 1 is 1.62 bits per heavy atom. The summed E-state index contributed by atoms with van der Waals surface area (Å²) in [6, 6.07) is 0. The highest BCUT2D eigenvalue weighted by Gasteiger charge is 2.09. The predicted octanol–water partition coefficient (Wildman–Crippen LogP) is -0.769. The molecule has 0 unspecified atom stereocenters. The molecule has 6 nitrogen and oxygen atoms in total. The SMILES string of the molecule is Cc1c(CC(N)=O)[nH]c(=O)n(CCCl)c1=N. The van der Waals surface area contributed by atoms with Crippen LogP contribution in [0.25, 0.3) is 0 Å². The van der Waals surface area contributed by atoms with Crippen molar-refractivity contribution in [1.29, 1.82) is 5.41 Å². The molecule has 0 spiro atoms. The van der Waals surface area contributed by atoms with Crippen LogP contribution in [0.5, 0.6) is 0 Å². The van der Waals surface area contributed by atoms with Crippen molar-refractivity contribution in [3.8, 4) is 0 Å². The van der Waals surface area contributed by atoms with Gasteiger partial charge in [-0.2, -0.15) is 0 Å². The lowest BCUT2D eigenvalue weighted by Gasteiger charge is -2.09. The second-order valence-electron chi connectivity index (χ2n) is 3.37. The van der Waals surface area contributed by atoms with E-state index in [1.807, 2.05) is 0 Å². The van der Waals surface area contributed by atoms with Crippen LogP contribution in [-0.4, -0.2) is 21.3 Å². The van der Waals surface area contributed by atoms with Crippen molar-refractivity contribution in [1.82, 2.24) is 9.55 Å². The van der Waals surface area contributed by atoms with Crippen LogP contribution in [0.15, 0.2) is 4.79 Å². The number of primary amides is 1. The maximum atomic E-state index is 11.6. The molecule has 0 aromatic carbocycles. The van der Waals surface area contributed by atoms with E-state index in [1.165, 1.54) is 4.57 Å². The maximum absolute atomic E-state index is 11.6. The Bertz CT molecular complexity index is 517. The molecule has 1 aromatic heterocycles. The van der Waals surface area contributed by atoms with Gasteiger partial charge in [-0.15, -0.1) is 11.6 Å². The van der Waals surface area contributed by atoms with Gasteiger partial charge in [0.05, 0.1) is 6.42 Å². The lowest BCUT2D eigenvalue weighted by atomic mass is 10.2. The summed E-state index contributed by atoms with van der Waals surface area (Å²) in [5.74, 6) is -0.304. The van der Waals surface area contributed by atoms with Gasteiger partial charge in [-0.1, -0.05) is 0 Å². The molecule has 0 fully saturated rings. The van der Waals surface area contributed by atoms with Crippen LogP contribution in [0.4, 0.5) is 0 Å². The van der Waals surface area contributed by atoms with Crippen LogP contribution in [0, 0.1) is 12.3 Å². The van der Waals surface area contributed by atoms with Crippen molar-refractivity contribution in [3.05, 3.63) is 27.2 Å². The lowest BCUT2D eigenvalue weighted by Crippen LogP contribution is -2.39. The van der Waals surface area contributed by atoms with E-state index < -0.39 is 11.6 Å². The molecule has 0 aliphatic heterocycles. The number of nitrogens with one attached hydrogen (secondary N) is 2. The Balaban J connectivity index is 3.33. The average Bonchev–Trinajstić information content (AvgIpc) is 2.20. The third-order valence-corrected chi connectivity index (χ3v) is 2.41. The molecule has 88 valence electrons.